The number of amides is 1. The summed E-state index contributed by atoms with van der Waals surface area (Å²) < 4.78 is 7.22. The van der Waals surface area contributed by atoms with Crippen LogP contribution in [-0.4, -0.2) is 33.9 Å². The lowest BCUT2D eigenvalue weighted by molar-refractivity contribution is -0.135. The highest BCUT2D eigenvalue weighted by molar-refractivity contribution is 6.08. The van der Waals surface area contributed by atoms with E-state index in [-0.39, 0.29) is 5.91 Å². The number of aromatic nitrogens is 2. The first-order chi connectivity index (χ1) is 14.5. The number of imidazole rings is 1. The number of aryl methyl sites for hydroxylation is 1. The lowest BCUT2D eigenvalue weighted by Gasteiger charge is -2.21. The zero-order chi connectivity index (χ0) is 21.1. The minimum absolute atomic E-state index is 0.232. The molecule has 1 aromatic heterocycles. The van der Waals surface area contributed by atoms with E-state index in [0.717, 1.165) is 34.1 Å². The van der Waals surface area contributed by atoms with Crippen molar-refractivity contribution in [2.75, 3.05) is 12.4 Å². The number of rotatable bonds is 6. The van der Waals surface area contributed by atoms with Crippen LogP contribution < -0.4 is 10.1 Å². The molecule has 0 saturated carbocycles. The van der Waals surface area contributed by atoms with Gasteiger partial charge in [-0.1, -0.05) is 23.4 Å². The monoisotopic (exact) mass is 404 g/mol. The van der Waals surface area contributed by atoms with Crippen LogP contribution in [0, 0.1) is 6.92 Å². The first-order valence-corrected chi connectivity index (χ1v) is 9.75. The largest absolute Gasteiger partial charge is 0.497 e. The third-order valence-electron chi connectivity index (χ3n) is 5.30. The molecule has 1 aliphatic rings. The van der Waals surface area contributed by atoms with Gasteiger partial charge in [-0.25, -0.2) is 4.98 Å². The number of ether oxygens (including phenoxy) is 1. The maximum Gasteiger partial charge on any atom is 0.271 e. The molecule has 1 amide bonds. The number of nitrogens with one attached hydrogen (secondary N) is 1. The van der Waals surface area contributed by atoms with Gasteiger partial charge in [0.05, 0.1) is 19.4 Å². The normalized spacial score (nSPS) is 17.9. The summed E-state index contributed by atoms with van der Waals surface area (Å²) in [7, 11) is 1.62. The summed E-state index contributed by atoms with van der Waals surface area (Å²) in [5.74, 6) is 1.45. The molecule has 0 bridgehead atoms. The third kappa shape index (κ3) is 3.91. The van der Waals surface area contributed by atoms with Gasteiger partial charge in [-0.3, -0.25) is 4.79 Å². The zero-order valence-corrected chi connectivity index (χ0v) is 17.3. The second kappa shape index (κ2) is 8.02. The zero-order valence-electron chi connectivity index (χ0n) is 17.3. The molecule has 1 atom stereocenters. The molecule has 154 valence electrons. The summed E-state index contributed by atoms with van der Waals surface area (Å²) in [5.41, 5.74) is 2.30. The third-order valence-corrected chi connectivity index (χ3v) is 5.30. The van der Waals surface area contributed by atoms with Gasteiger partial charge in [0, 0.05) is 24.5 Å². The fraction of sp³-hybridized carbons (Fsp3) is 0.261. The van der Waals surface area contributed by atoms with Gasteiger partial charge in [-0.2, -0.15) is 0 Å². The standard InChI is InChI=1S/C23H24N4O3/c1-16-24-12-13-27(16)15-18-6-4-5-7-20(18)25-22(28)23(2)14-21(26-30-23)17-8-10-19(29-3)11-9-17/h4-13H,14-15H2,1-3H3,(H,25,28)/t23-/m0/s1. The Kier molecular flexibility index (Phi) is 5.27. The number of hydrogen-bond acceptors (Lipinski definition) is 5. The van der Waals surface area contributed by atoms with Gasteiger partial charge in [0.15, 0.2) is 0 Å². The molecular weight excluding hydrogens is 380 g/mol. The van der Waals surface area contributed by atoms with Crippen LogP contribution in [0.25, 0.3) is 0 Å². The van der Waals surface area contributed by atoms with Gasteiger partial charge in [-0.05, 0) is 55.3 Å². The molecule has 0 radical (unpaired) electrons. The summed E-state index contributed by atoms with van der Waals surface area (Å²) in [5, 5.41) is 7.20. The van der Waals surface area contributed by atoms with Crippen molar-refractivity contribution in [2.24, 2.45) is 5.16 Å². The van der Waals surface area contributed by atoms with Gasteiger partial charge < -0.3 is 19.5 Å². The molecule has 4 rings (SSSR count). The average molecular weight is 404 g/mol. The molecule has 2 aromatic carbocycles. The minimum Gasteiger partial charge on any atom is -0.497 e. The molecule has 1 aliphatic heterocycles. The van der Waals surface area contributed by atoms with E-state index < -0.39 is 5.60 Å². The van der Waals surface area contributed by atoms with Gasteiger partial charge in [0.2, 0.25) is 5.60 Å². The van der Waals surface area contributed by atoms with Crippen molar-refractivity contribution in [2.45, 2.75) is 32.4 Å². The first-order valence-electron chi connectivity index (χ1n) is 9.75. The topological polar surface area (TPSA) is 77.7 Å². The van der Waals surface area contributed by atoms with Gasteiger partial charge in [0.25, 0.3) is 5.91 Å². The van der Waals surface area contributed by atoms with Gasteiger partial charge in [0.1, 0.15) is 11.6 Å². The van der Waals surface area contributed by atoms with Crippen molar-refractivity contribution in [3.63, 3.8) is 0 Å². The van der Waals surface area contributed by atoms with Crippen LogP contribution in [0.5, 0.6) is 5.75 Å². The van der Waals surface area contributed by atoms with E-state index >= 15 is 0 Å². The Bertz CT molecular complexity index is 1090. The van der Waals surface area contributed by atoms with Gasteiger partial charge in [-0.15, -0.1) is 0 Å². The molecule has 2 heterocycles. The number of hydrogen-bond donors (Lipinski definition) is 1. The van der Waals surface area contributed by atoms with Crippen LogP contribution >= 0.6 is 0 Å². The van der Waals surface area contributed by atoms with Crippen molar-refractivity contribution in [3.05, 3.63) is 77.9 Å². The Morgan fingerprint density at radius 3 is 2.70 bits per heavy atom. The second-order valence-electron chi connectivity index (χ2n) is 7.48. The number of carbonyl (C=O) groups is 1. The van der Waals surface area contributed by atoms with Crippen LogP contribution in [-0.2, 0) is 16.2 Å². The van der Waals surface area contributed by atoms with Crippen LogP contribution in [0.15, 0.2) is 66.1 Å². The van der Waals surface area contributed by atoms with E-state index in [2.05, 4.69) is 15.5 Å². The van der Waals surface area contributed by atoms with Crippen molar-refractivity contribution in [1.82, 2.24) is 9.55 Å². The number of para-hydroxylation sites is 1. The minimum atomic E-state index is -1.08. The molecule has 0 fully saturated rings. The molecule has 0 saturated heterocycles. The summed E-state index contributed by atoms with van der Waals surface area (Å²) >= 11 is 0. The average Bonchev–Trinajstić information content (AvgIpc) is 3.36. The van der Waals surface area contributed by atoms with Crippen LogP contribution in [0.3, 0.4) is 0 Å². The highest BCUT2D eigenvalue weighted by atomic mass is 16.7. The Balaban J connectivity index is 1.47. The maximum atomic E-state index is 13.1. The predicted octanol–water partition coefficient (Wildman–Crippen LogP) is 3.77. The summed E-state index contributed by atoms with van der Waals surface area (Å²) in [4.78, 5) is 22.9. The van der Waals surface area contributed by atoms with Crippen LogP contribution in [0.2, 0.25) is 0 Å². The van der Waals surface area contributed by atoms with E-state index in [4.69, 9.17) is 9.57 Å². The first kappa shape index (κ1) is 19.7. The number of nitrogens with zero attached hydrogens (tertiary/aromatic N) is 3. The van der Waals surface area contributed by atoms with E-state index in [1.165, 1.54) is 0 Å². The highest BCUT2D eigenvalue weighted by Gasteiger charge is 2.42. The molecule has 7 heteroatoms. The lowest BCUT2D eigenvalue weighted by Crippen LogP contribution is -2.40. The lowest BCUT2D eigenvalue weighted by atomic mass is 9.95. The SMILES string of the molecule is COc1ccc(C2=NO[C@](C)(C(=O)Nc3ccccc3Cn3ccnc3C)C2)cc1. The van der Waals surface area contributed by atoms with E-state index in [1.807, 2.05) is 66.2 Å². The molecule has 30 heavy (non-hydrogen) atoms. The Hall–Kier alpha value is -3.61. The quantitative estimate of drug-likeness (QED) is 0.678. The number of carbonyl (C=O) groups excluding carboxylic acids is 1. The predicted molar refractivity (Wildman–Crippen MR) is 115 cm³/mol. The molecule has 1 N–H and O–H groups in total. The smallest absolute Gasteiger partial charge is 0.271 e. The Morgan fingerprint density at radius 2 is 2.00 bits per heavy atom. The van der Waals surface area contributed by atoms with Crippen LogP contribution in [0.1, 0.15) is 30.3 Å². The number of oxime groups is 1. The Morgan fingerprint density at radius 1 is 1.23 bits per heavy atom. The molecule has 0 unspecified atom stereocenters. The number of anilines is 1. The van der Waals surface area contributed by atoms with E-state index in [0.29, 0.717) is 13.0 Å². The molecule has 7 nitrogen and oxygen atoms in total. The van der Waals surface area contributed by atoms with Crippen molar-refractivity contribution in [1.29, 1.82) is 0 Å². The fourth-order valence-electron chi connectivity index (χ4n) is 3.39. The second-order valence-corrected chi connectivity index (χ2v) is 7.48. The summed E-state index contributed by atoms with van der Waals surface area (Å²) in [6.45, 7) is 4.32. The van der Waals surface area contributed by atoms with E-state index in [1.54, 1.807) is 20.2 Å². The van der Waals surface area contributed by atoms with Crippen LogP contribution in [0.4, 0.5) is 5.69 Å². The molecule has 3 aromatic rings. The molecule has 0 aliphatic carbocycles. The highest BCUT2D eigenvalue weighted by Crippen LogP contribution is 2.29. The molecule has 0 spiro atoms. The van der Waals surface area contributed by atoms with Crippen molar-refractivity contribution in [3.8, 4) is 5.75 Å². The van der Waals surface area contributed by atoms with E-state index in [9.17, 15) is 4.79 Å². The number of benzene rings is 2. The maximum absolute atomic E-state index is 13.1. The summed E-state index contributed by atoms with van der Waals surface area (Å²) in [6.07, 6.45) is 4.07. The van der Waals surface area contributed by atoms with Crippen molar-refractivity contribution < 1.29 is 14.4 Å². The fourth-order valence-corrected chi connectivity index (χ4v) is 3.39. The summed E-state index contributed by atoms with van der Waals surface area (Å²) in [6, 6.07) is 15.3. The molecular formula is C23H24N4O3. The van der Waals surface area contributed by atoms with Gasteiger partial charge >= 0.3 is 0 Å². The van der Waals surface area contributed by atoms with Crippen molar-refractivity contribution >= 4 is 17.3 Å². The number of methoxy groups -OCH3 is 1. The Labute approximate surface area is 175 Å².